The number of nitrogens with zero attached hydrogens (tertiary/aromatic N) is 1. The number of aromatic nitrogens is 1. The first-order chi connectivity index (χ1) is 9.12. The summed E-state index contributed by atoms with van der Waals surface area (Å²) in [4.78, 5) is 4.63. The Morgan fingerprint density at radius 3 is 3.05 bits per heavy atom. The van der Waals surface area contributed by atoms with E-state index in [1.54, 1.807) is 23.1 Å². The molecule has 1 unspecified atom stereocenters. The first-order valence-electron chi connectivity index (χ1n) is 6.42. The first kappa shape index (κ1) is 13.4. The number of hydrogen-bond acceptors (Lipinski definition) is 5. The number of thioether (sulfide) groups is 1. The number of thiazole rings is 1. The van der Waals surface area contributed by atoms with E-state index in [0.29, 0.717) is 0 Å². The van der Waals surface area contributed by atoms with Crippen LogP contribution in [0.15, 0.2) is 28.6 Å². The van der Waals surface area contributed by atoms with Crippen LogP contribution in [0.5, 0.6) is 0 Å². The largest absolute Gasteiger partial charge is 0.350 e. The summed E-state index contributed by atoms with van der Waals surface area (Å²) in [6, 6.07) is 8.26. The molecule has 1 fully saturated rings. The van der Waals surface area contributed by atoms with Gasteiger partial charge < -0.3 is 9.47 Å². The summed E-state index contributed by atoms with van der Waals surface area (Å²) in [5, 5.41) is 0. The maximum absolute atomic E-state index is 5.90. The summed E-state index contributed by atoms with van der Waals surface area (Å²) in [5.74, 6) is 0.490. The molecule has 3 rings (SSSR count). The topological polar surface area (TPSA) is 31.4 Å². The molecule has 0 spiro atoms. The van der Waals surface area contributed by atoms with Gasteiger partial charge in [-0.25, -0.2) is 4.98 Å². The second-order valence-electron chi connectivity index (χ2n) is 5.04. The lowest BCUT2D eigenvalue weighted by Crippen LogP contribution is -2.40. The van der Waals surface area contributed by atoms with Gasteiger partial charge in [-0.05, 0) is 32.4 Å². The molecule has 1 atom stereocenters. The molecule has 0 radical (unpaired) electrons. The Balaban J connectivity index is 1.62. The Morgan fingerprint density at radius 2 is 2.26 bits per heavy atom. The monoisotopic (exact) mass is 295 g/mol. The maximum atomic E-state index is 5.90. The van der Waals surface area contributed by atoms with Crippen LogP contribution in [0, 0.1) is 0 Å². The van der Waals surface area contributed by atoms with Gasteiger partial charge in [0.25, 0.3) is 0 Å². The summed E-state index contributed by atoms with van der Waals surface area (Å²) in [6.07, 6.45) is 1.21. The van der Waals surface area contributed by atoms with Crippen LogP contribution in [0.4, 0.5) is 0 Å². The van der Waals surface area contributed by atoms with Gasteiger partial charge in [0.1, 0.15) is 0 Å². The van der Waals surface area contributed by atoms with Gasteiger partial charge in [0.05, 0.1) is 22.9 Å². The van der Waals surface area contributed by atoms with Gasteiger partial charge in [-0.1, -0.05) is 23.9 Å². The van der Waals surface area contributed by atoms with E-state index in [0.717, 1.165) is 28.6 Å². The number of para-hydroxylation sites is 1. The van der Waals surface area contributed by atoms with Crippen molar-refractivity contribution in [1.29, 1.82) is 0 Å². The van der Waals surface area contributed by atoms with Crippen LogP contribution in [-0.4, -0.2) is 29.2 Å². The van der Waals surface area contributed by atoms with Crippen molar-refractivity contribution in [2.45, 2.75) is 36.5 Å². The molecule has 1 aromatic carbocycles. The van der Waals surface area contributed by atoms with Gasteiger partial charge in [-0.3, -0.25) is 0 Å². The van der Waals surface area contributed by atoms with Crippen molar-refractivity contribution in [1.82, 2.24) is 4.98 Å². The Labute approximate surface area is 121 Å². The number of fused-ring (bicyclic) bond motifs is 1. The number of hydrogen-bond donors (Lipinski definition) is 0. The van der Waals surface area contributed by atoms with Crippen LogP contribution >= 0.6 is 23.1 Å². The van der Waals surface area contributed by atoms with Crippen LogP contribution in [0.3, 0.4) is 0 Å². The van der Waals surface area contributed by atoms with Crippen molar-refractivity contribution in [2.24, 2.45) is 0 Å². The average Bonchev–Trinajstić information content (AvgIpc) is 2.78. The Bertz CT molecular complexity index is 534. The molecule has 0 bridgehead atoms. The van der Waals surface area contributed by atoms with Crippen LogP contribution < -0.4 is 0 Å². The molecule has 2 aromatic rings. The predicted molar refractivity (Wildman–Crippen MR) is 79.9 cm³/mol. The SMILES string of the molecule is CC1(C)OCCC(CSc2nc3ccccc3s2)O1. The smallest absolute Gasteiger partial charge is 0.163 e. The maximum Gasteiger partial charge on any atom is 0.163 e. The first-order valence-corrected chi connectivity index (χ1v) is 8.23. The molecule has 5 heteroatoms. The Kier molecular flexibility index (Phi) is 3.80. The molecular formula is C14H17NO2S2. The third-order valence-corrected chi connectivity index (χ3v) is 5.32. The molecule has 0 amide bonds. The summed E-state index contributed by atoms with van der Waals surface area (Å²) in [5.41, 5.74) is 1.09. The van der Waals surface area contributed by atoms with Crippen molar-refractivity contribution in [3.63, 3.8) is 0 Å². The summed E-state index contributed by atoms with van der Waals surface area (Å²) < 4.78 is 13.8. The lowest BCUT2D eigenvalue weighted by Gasteiger charge is -2.35. The minimum Gasteiger partial charge on any atom is -0.350 e. The minimum absolute atomic E-state index is 0.251. The van der Waals surface area contributed by atoms with Crippen LogP contribution in [0.2, 0.25) is 0 Å². The fourth-order valence-corrected chi connectivity index (χ4v) is 4.26. The highest BCUT2D eigenvalue weighted by molar-refractivity contribution is 8.01. The molecule has 102 valence electrons. The molecule has 1 aliphatic rings. The number of ether oxygens (including phenoxy) is 2. The molecule has 2 heterocycles. The molecule has 0 N–H and O–H groups in total. The highest BCUT2D eigenvalue weighted by Gasteiger charge is 2.29. The van der Waals surface area contributed by atoms with E-state index in [2.05, 4.69) is 23.2 Å². The Hall–Kier alpha value is -0.620. The van der Waals surface area contributed by atoms with Gasteiger partial charge in [0.2, 0.25) is 0 Å². The van der Waals surface area contributed by atoms with Crippen LogP contribution in [0.1, 0.15) is 20.3 Å². The summed E-state index contributed by atoms with van der Waals surface area (Å²) in [7, 11) is 0. The molecule has 1 saturated heterocycles. The van der Waals surface area contributed by atoms with Crippen LogP contribution in [-0.2, 0) is 9.47 Å². The van der Waals surface area contributed by atoms with E-state index in [-0.39, 0.29) is 6.10 Å². The number of rotatable bonds is 3. The molecule has 1 aromatic heterocycles. The van der Waals surface area contributed by atoms with Crippen molar-refractivity contribution in [2.75, 3.05) is 12.4 Å². The summed E-state index contributed by atoms with van der Waals surface area (Å²) in [6.45, 7) is 4.72. The second kappa shape index (κ2) is 5.40. The van der Waals surface area contributed by atoms with Gasteiger partial charge in [-0.2, -0.15) is 0 Å². The quantitative estimate of drug-likeness (QED) is 0.803. The van der Waals surface area contributed by atoms with Crippen molar-refractivity contribution in [3.05, 3.63) is 24.3 Å². The average molecular weight is 295 g/mol. The molecular weight excluding hydrogens is 278 g/mol. The highest BCUT2D eigenvalue weighted by atomic mass is 32.2. The predicted octanol–water partition coefficient (Wildman–Crippen LogP) is 3.93. The van der Waals surface area contributed by atoms with E-state index in [1.807, 2.05) is 19.9 Å². The van der Waals surface area contributed by atoms with E-state index < -0.39 is 5.79 Å². The molecule has 19 heavy (non-hydrogen) atoms. The van der Waals surface area contributed by atoms with Gasteiger partial charge >= 0.3 is 0 Å². The molecule has 0 saturated carbocycles. The molecule has 3 nitrogen and oxygen atoms in total. The summed E-state index contributed by atoms with van der Waals surface area (Å²) >= 11 is 3.53. The third-order valence-electron chi connectivity index (χ3n) is 3.01. The van der Waals surface area contributed by atoms with Crippen LogP contribution in [0.25, 0.3) is 10.2 Å². The zero-order chi connectivity index (χ0) is 13.3. The van der Waals surface area contributed by atoms with E-state index in [1.165, 1.54) is 4.70 Å². The van der Waals surface area contributed by atoms with Gasteiger partial charge in [-0.15, -0.1) is 11.3 Å². The fraction of sp³-hybridized carbons (Fsp3) is 0.500. The number of benzene rings is 1. The third kappa shape index (κ3) is 3.28. The van der Waals surface area contributed by atoms with Gasteiger partial charge in [0.15, 0.2) is 10.1 Å². The van der Waals surface area contributed by atoms with Gasteiger partial charge in [0, 0.05) is 5.75 Å². The standard InChI is InChI=1S/C14H17NO2S2/c1-14(2)16-8-7-10(17-14)9-18-13-15-11-5-3-4-6-12(11)19-13/h3-6,10H,7-9H2,1-2H3. The second-order valence-corrected chi connectivity index (χ2v) is 7.33. The zero-order valence-corrected chi connectivity index (χ0v) is 12.7. The molecule has 0 aliphatic carbocycles. The lowest BCUT2D eigenvalue weighted by atomic mass is 10.2. The lowest BCUT2D eigenvalue weighted by molar-refractivity contribution is -0.267. The van der Waals surface area contributed by atoms with Crippen molar-refractivity contribution < 1.29 is 9.47 Å². The van der Waals surface area contributed by atoms with E-state index >= 15 is 0 Å². The zero-order valence-electron chi connectivity index (χ0n) is 11.1. The minimum atomic E-state index is -0.447. The van der Waals surface area contributed by atoms with E-state index in [9.17, 15) is 0 Å². The van der Waals surface area contributed by atoms with Crippen molar-refractivity contribution in [3.8, 4) is 0 Å². The van der Waals surface area contributed by atoms with E-state index in [4.69, 9.17) is 9.47 Å². The van der Waals surface area contributed by atoms with Crippen molar-refractivity contribution >= 4 is 33.3 Å². The fourth-order valence-electron chi connectivity index (χ4n) is 2.12. The normalized spacial score (nSPS) is 22.7. The highest BCUT2D eigenvalue weighted by Crippen LogP contribution is 2.32. The molecule has 1 aliphatic heterocycles. The Morgan fingerprint density at radius 1 is 1.42 bits per heavy atom.